The molecule has 1 N–H and O–H groups in total. The van der Waals surface area contributed by atoms with Crippen LogP contribution in [0.2, 0.25) is 0 Å². The van der Waals surface area contributed by atoms with Crippen molar-refractivity contribution in [3.63, 3.8) is 0 Å². The Balaban J connectivity index is 1.79. The Kier molecular flexibility index (Phi) is 4.18. The summed E-state index contributed by atoms with van der Waals surface area (Å²) in [6.07, 6.45) is 5.03. The van der Waals surface area contributed by atoms with Gasteiger partial charge in [0.25, 0.3) is 0 Å². The Morgan fingerprint density at radius 3 is 2.88 bits per heavy atom. The number of aromatic nitrogens is 4. The van der Waals surface area contributed by atoms with Crippen molar-refractivity contribution in [1.82, 2.24) is 20.1 Å². The van der Waals surface area contributed by atoms with Gasteiger partial charge in [-0.1, -0.05) is 17.3 Å². The fraction of sp³-hybridized carbons (Fsp3) is 0.158. The van der Waals surface area contributed by atoms with Gasteiger partial charge in [-0.2, -0.15) is 0 Å². The van der Waals surface area contributed by atoms with Gasteiger partial charge in [-0.15, -0.1) is 0 Å². The zero-order valence-electron chi connectivity index (χ0n) is 14.4. The number of anilines is 1. The Bertz CT molecular complexity index is 1050. The van der Waals surface area contributed by atoms with Crippen LogP contribution in [0, 0.1) is 6.92 Å². The van der Waals surface area contributed by atoms with E-state index in [4.69, 9.17) is 14.2 Å². The maximum atomic E-state index is 5.47. The van der Waals surface area contributed by atoms with Crippen LogP contribution in [0.25, 0.3) is 22.4 Å². The van der Waals surface area contributed by atoms with Crippen LogP contribution >= 0.6 is 0 Å². The molecule has 3 aromatic heterocycles. The zero-order chi connectivity index (χ0) is 17.9. The van der Waals surface area contributed by atoms with Gasteiger partial charge in [-0.3, -0.25) is 9.97 Å². The molecular formula is C19H17N5O2. The zero-order valence-corrected chi connectivity index (χ0v) is 14.4. The molecule has 130 valence electrons. The summed E-state index contributed by atoms with van der Waals surface area (Å²) >= 11 is 0. The van der Waals surface area contributed by atoms with E-state index >= 15 is 0 Å². The lowest BCUT2D eigenvalue weighted by Crippen LogP contribution is -2.03. The van der Waals surface area contributed by atoms with Crippen LogP contribution in [0.3, 0.4) is 0 Å². The molecule has 3 heterocycles. The van der Waals surface area contributed by atoms with E-state index in [1.165, 1.54) is 0 Å². The van der Waals surface area contributed by atoms with Gasteiger partial charge in [-0.25, -0.2) is 4.98 Å². The number of benzene rings is 1. The van der Waals surface area contributed by atoms with Gasteiger partial charge in [-0.05, 0) is 25.1 Å². The van der Waals surface area contributed by atoms with E-state index < -0.39 is 0 Å². The van der Waals surface area contributed by atoms with Crippen molar-refractivity contribution in [2.75, 3.05) is 12.4 Å². The fourth-order valence-corrected chi connectivity index (χ4v) is 2.76. The van der Waals surface area contributed by atoms with Gasteiger partial charge in [0.05, 0.1) is 36.9 Å². The minimum absolute atomic E-state index is 0.512. The molecule has 0 amide bonds. The number of hydrogen-bond acceptors (Lipinski definition) is 7. The molecule has 0 aliphatic rings. The molecule has 1 aromatic carbocycles. The lowest BCUT2D eigenvalue weighted by atomic mass is 10.1. The number of pyridine rings is 1. The molecular weight excluding hydrogens is 330 g/mol. The Morgan fingerprint density at radius 2 is 2.08 bits per heavy atom. The second-order valence-electron chi connectivity index (χ2n) is 5.75. The second kappa shape index (κ2) is 6.79. The van der Waals surface area contributed by atoms with Crippen molar-refractivity contribution < 1.29 is 9.26 Å². The van der Waals surface area contributed by atoms with Crippen molar-refractivity contribution in [3.05, 3.63) is 60.3 Å². The smallest absolute Gasteiger partial charge is 0.208 e. The molecule has 0 radical (unpaired) electrons. The molecule has 0 aliphatic heterocycles. The molecule has 4 rings (SSSR count). The van der Waals surface area contributed by atoms with E-state index in [-0.39, 0.29) is 0 Å². The first kappa shape index (κ1) is 16.0. The predicted octanol–water partition coefficient (Wildman–Crippen LogP) is 3.61. The van der Waals surface area contributed by atoms with E-state index in [1.807, 2.05) is 37.3 Å². The van der Waals surface area contributed by atoms with Gasteiger partial charge in [0.15, 0.2) is 0 Å². The quantitative estimate of drug-likeness (QED) is 0.590. The van der Waals surface area contributed by atoms with Crippen LogP contribution in [0.1, 0.15) is 11.4 Å². The fourth-order valence-electron chi connectivity index (χ4n) is 2.76. The number of para-hydroxylation sites is 1. The highest BCUT2D eigenvalue weighted by molar-refractivity contribution is 5.90. The van der Waals surface area contributed by atoms with Gasteiger partial charge in [0.1, 0.15) is 17.0 Å². The van der Waals surface area contributed by atoms with Crippen LogP contribution in [-0.2, 0) is 6.54 Å². The SMILES string of the molecule is COc1ccccc1-c1cc(NCc2cnccn2)c2onc(C)c2n1. The average molecular weight is 347 g/mol. The number of rotatable bonds is 5. The Morgan fingerprint density at radius 1 is 1.19 bits per heavy atom. The van der Waals surface area contributed by atoms with Crippen LogP contribution in [0.4, 0.5) is 5.69 Å². The van der Waals surface area contributed by atoms with Crippen molar-refractivity contribution in [2.45, 2.75) is 13.5 Å². The van der Waals surface area contributed by atoms with E-state index in [2.05, 4.69) is 20.4 Å². The van der Waals surface area contributed by atoms with Crippen LogP contribution in [0.15, 0.2) is 53.4 Å². The summed E-state index contributed by atoms with van der Waals surface area (Å²) in [5, 5.41) is 7.40. The average Bonchev–Trinajstić information content (AvgIpc) is 3.08. The number of fused-ring (bicyclic) bond motifs is 1. The van der Waals surface area contributed by atoms with Crippen molar-refractivity contribution >= 4 is 16.8 Å². The summed E-state index contributed by atoms with van der Waals surface area (Å²) in [6.45, 7) is 2.38. The number of aryl methyl sites for hydroxylation is 1. The Hall–Kier alpha value is -3.48. The van der Waals surface area contributed by atoms with E-state index in [9.17, 15) is 0 Å². The summed E-state index contributed by atoms with van der Waals surface area (Å²) in [7, 11) is 1.65. The summed E-state index contributed by atoms with van der Waals surface area (Å²) in [5.74, 6) is 0.758. The maximum absolute atomic E-state index is 5.47. The van der Waals surface area contributed by atoms with Gasteiger partial charge in [0, 0.05) is 18.0 Å². The van der Waals surface area contributed by atoms with Gasteiger partial charge < -0.3 is 14.6 Å². The van der Waals surface area contributed by atoms with Gasteiger partial charge in [0.2, 0.25) is 5.58 Å². The number of methoxy groups -OCH3 is 1. The van der Waals surface area contributed by atoms with Crippen molar-refractivity contribution in [3.8, 4) is 17.0 Å². The van der Waals surface area contributed by atoms with E-state index in [0.29, 0.717) is 12.1 Å². The maximum Gasteiger partial charge on any atom is 0.208 e. The summed E-state index contributed by atoms with van der Waals surface area (Å²) in [6, 6.07) is 9.70. The molecule has 7 heteroatoms. The molecule has 26 heavy (non-hydrogen) atoms. The molecule has 4 aromatic rings. The van der Waals surface area contributed by atoms with E-state index in [0.717, 1.165) is 39.6 Å². The number of nitrogens with one attached hydrogen (secondary N) is 1. The molecule has 0 atom stereocenters. The van der Waals surface area contributed by atoms with E-state index in [1.54, 1.807) is 25.7 Å². The molecule has 0 fully saturated rings. The third-order valence-corrected chi connectivity index (χ3v) is 4.05. The summed E-state index contributed by atoms with van der Waals surface area (Å²) in [4.78, 5) is 13.1. The molecule has 0 unspecified atom stereocenters. The third kappa shape index (κ3) is 2.95. The number of hydrogen-bond donors (Lipinski definition) is 1. The second-order valence-corrected chi connectivity index (χ2v) is 5.75. The van der Waals surface area contributed by atoms with Crippen molar-refractivity contribution in [2.24, 2.45) is 0 Å². The molecule has 0 saturated carbocycles. The summed E-state index contributed by atoms with van der Waals surface area (Å²) < 4.78 is 10.9. The van der Waals surface area contributed by atoms with Crippen LogP contribution < -0.4 is 10.1 Å². The highest BCUT2D eigenvalue weighted by Gasteiger charge is 2.16. The molecule has 7 nitrogen and oxygen atoms in total. The molecule has 0 aliphatic carbocycles. The summed E-state index contributed by atoms with van der Waals surface area (Å²) in [5.41, 5.74) is 5.37. The highest BCUT2D eigenvalue weighted by atomic mass is 16.5. The first-order valence-corrected chi connectivity index (χ1v) is 8.15. The minimum Gasteiger partial charge on any atom is -0.496 e. The van der Waals surface area contributed by atoms with Crippen LogP contribution in [-0.4, -0.2) is 27.2 Å². The van der Waals surface area contributed by atoms with Gasteiger partial charge >= 0.3 is 0 Å². The molecule has 0 bridgehead atoms. The monoisotopic (exact) mass is 347 g/mol. The first-order chi connectivity index (χ1) is 12.8. The Labute approximate surface area is 150 Å². The normalized spacial score (nSPS) is 10.8. The third-order valence-electron chi connectivity index (χ3n) is 4.05. The topological polar surface area (TPSA) is 86.0 Å². The lowest BCUT2D eigenvalue weighted by molar-refractivity contribution is 0.416. The van der Waals surface area contributed by atoms with Crippen molar-refractivity contribution in [1.29, 1.82) is 0 Å². The standard InChI is InChI=1S/C19H17N5O2/c1-12-18-19(26-24-12)16(22-11-13-10-20-7-8-21-13)9-15(23-18)14-5-3-4-6-17(14)25-2/h3-10H,11H2,1-2H3,(H,22,23). The minimum atomic E-state index is 0.512. The molecule has 0 saturated heterocycles. The number of nitrogens with zero attached hydrogens (tertiary/aromatic N) is 4. The number of ether oxygens (including phenoxy) is 1. The molecule has 0 spiro atoms. The predicted molar refractivity (Wildman–Crippen MR) is 97.9 cm³/mol. The van der Waals surface area contributed by atoms with Crippen LogP contribution in [0.5, 0.6) is 5.75 Å². The lowest BCUT2D eigenvalue weighted by Gasteiger charge is -2.11. The largest absolute Gasteiger partial charge is 0.496 e. The first-order valence-electron chi connectivity index (χ1n) is 8.15. The highest BCUT2D eigenvalue weighted by Crippen LogP contribution is 2.34.